The van der Waals surface area contributed by atoms with Gasteiger partial charge in [0.05, 0.1) is 11.3 Å². The van der Waals surface area contributed by atoms with Crippen molar-refractivity contribution >= 4 is 0 Å². The molecule has 3 aromatic rings. The van der Waals surface area contributed by atoms with Crippen molar-refractivity contribution in [2.24, 2.45) is 0 Å². The molecule has 0 spiro atoms. The Hall–Kier alpha value is -2.87. The molecule has 0 atom stereocenters. The number of pyridine rings is 1. The van der Waals surface area contributed by atoms with Crippen LogP contribution in [0.4, 0.5) is 13.2 Å². The molecule has 0 amide bonds. The Morgan fingerprint density at radius 1 is 1.18 bits per heavy atom. The van der Waals surface area contributed by atoms with Crippen LogP contribution >= 0.6 is 0 Å². The minimum atomic E-state index is -4.50. The fraction of sp³-hybridized carbons (Fsp3) is 0.300. The van der Waals surface area contributed by atoms with E-state index in [-0.39, 0.29) is 17.1 Å². The summed E-state index contributed by atoms with van der Waals surface area (Å²) in [6.45, 7) is 3.47. The highest BCUT2D eigenvalue weighted by Gasteiger charge is 2.32. The monoisotopic (exact) mass is 388 g/mol. The second-order valence-electron chi connectivity index (χ2n) is 7.01. The molecular formula is C20H19F3N4O. The molecule has 0 unspecified atom stereocenters. The largest absolute Gasteiger partial charge is 0.416 e. The number of fused-ring (bicyclic) bond motifs is 1. The molecule has 0 saturated heterocycles. The molecule has 0 saturated carbocycles. The van der Waals surface area contributed by atoms with Crippen LogP contribution < -0.4 is 5.56 Å². The van der Waals surface area contributed by atoms with Crippen molar-refractivity contribution in [2.45, 2.75) is 32.6 Å². The molecule has 0 aliphatic carbocycles. The van der Waals surface area contributed by atoms with Gasteiger partial charge in [-0.1, -0.05) is 30.3 Å². The van der Waals surface area contributed by atoms with Crippen LogP contribution in [0.15, 0.2) is 47.3 Å². The summed E-state index contributed by atoms with van der Waals surface area (Å²) in [5.74, 6) is -0.0404. The SMILES string of the molecule is Cc1cc(C(F)(F)F)cc(-n2[nH]c3c(c2=O)CCN(Cc2ccccc2)C3)n1. The number of H-pyrrole nitrogens is 1. The maximum Gasteiger partial charge on any atom is 0.416 e. The molecule has 2 aromatic heterocycles. The number of benzene rings is 1. The van der Waals surface area contributed by atoms with Gasteiger partial charge in [0.2, 0.25) is 0 Å². The van der Waals surface area contributed by atoms with E-state index >= 15 is 0 Å². The number of nitrogens with one attached hydrogen (secondary N) is 1. The minimum absolute atomic E-state index is 0.0404. The Kier molecular flexibility index (Phi) is 4.58. The van der Waals surface area contributed by atoms with Crippen LogP contribution in [-0.4, -0.2) is 26.2 Å². The second-order valence-corrected chi connectivity index (χ2v) is 7.01. The zero-order chi connectivity index (χ0) is 19.9. The lowest BCUT2D eigenvalue weighted by atomic mass is 10.1. The molecule has 1 aromatic carbocycles. The van der Waals surface area contributed by atoms with Gasteiger partial charge in [0.25, 0.3) is 5.56 Å². The molecular weight excluding hydrogens is 369 g/mol. The first-order valence-corrected chi connectivity index (χ1v) is 8.96. The number of aromatic amines is 1. The number of aryl methyl sites for hydroxylation is 1. The van der Waals surface area contributed by atoms with E-state index in [0.717, 1.165) is 29.1 Å². The predicted octanol–water partition coefficient (Wildman–Crippen LogP) is 3.45. The Labute approximate surface area is 159 Å². The molecule has 0 bridgehead atoms. The molecule has 8 heteroatoms. The van der Waals surface area contributed by atoms with Gasteiger partial charge in [-0.25, -0.2) is 9.67 Å². The molecule has 146 valence electrons. The summed E-state index contributed by atoms with van der Waals surface area (Å²) in [5.41, 5.74) is 1.56. The molecule has 1 aliphatic rings. The summed E-state index contributed by atoms with van der Waals surface area (Å²) in [4.78, 5) is 19.1. The van der Waals surface area contributed by atoms with Crippen molar-refractivity contribution in [3.63, 3.8) is 0 Å². The Balaban J connectivity index is 1.65. The van der Waals surface area contributed by atoms with Gasteiger partial charge in [-0.2, -0.15) is 13.2 Å². The van der Waals surface area contributed by atoms with Crippen molar-refractivity contribution in [2.75, 3.05) is 6.54 Å². The normalized spacial score (nSPS) is 14.9. The van der Waals surface area contributed by atoms with Gasteiger partial charge in [0.15, 0.2) is 5.82 Å². The zero-order valence-corrected chi connectivity index (χ0v) is 15.3. The van der Waals surface area contributed by atoms with Crippen molar-refractivity contribution in [1.82, 2.24) is 19.7 Å². The standard InChI is InChI=1S/C20H19F3N4O/c1-13-9-15(20(21,22)23)10-18(24-13)27-19(28)16-7-8-26(12-17(16)25-27)11-14-5-3-2-4-6-14/h2-6,9-10,25H,7-8,11-12H2,1H3. The summed E-state index contributed by atoms with van der Waals surface area (Å²) < 4.78 is 40.5. The van der Waals surface area contributed by atoms with Crippen LogP contribution in [0.2, 0.25) is 0 Å². The van der Waals surface area contributed by atoms with Gasteiger partial charge in [0.1, 0.15) is 0 Å². The van der Waals surface area contributed by atoms with E-state index in [2.05, 4.69) is 15.0 Å². The molecule has 28 heavy (non-hydrogen) atoms. The third kappa shape index (κ3) is 3.60. The van der Waals surface area contributed by atoms with Gasteiger partial charge >= 0.3 is 6.18 Å². The fourth-order valence-electron chi connectivity index (χ4n) is 3.55. The summed E-state index contributed by atoms with van der Waals surface area (Å²) >= 11 is 0. The first-order valence-electron chi connectivity index (χ1n) is 8.96. The molecule has 4 rings (SSSR count). The summed E-state index contributed by atoms with van der Waals surface area (Å²) in [6, 6.07) is 11.9. The average Bonchev–Trinajstić information content (AvgIpc) is 2.97. The number of rotatable bonds is 3. The Morgan fingerprint density at radius 2 is 1.93 bits per heavy atom. The van der Waals surface area contributed by atoms with Gasteiger partial charge in [-0.3, -0.25) is 14.8 Å². The number of nitrogens with zero attached hydrogens (tertiary/aromatic N) is 3. The van der Waals surface area contributed by atoms with Crippen LogP contribution in [0.3, 0.4) is 0 Å². The van der Waals surface area contributed by atoms with Crippen molar-refractivity contribution in [1.29, 1.82) is 0 Å². The van der Waals surface area contributed by atoms with Crippen LogP contribution in [0.1, 0.15) is 28.1 Å². The molecule has 1 aliphatic heterocycles. The third-order valence-electron chi connectivity index (χ3n) is 4.88. The van der Waals surface area contributed by atoms with Crippen LogP contribution in [0.25, 0.3) is 5.82 Å². The smallest absolute Gasteiger partial charge is 0.293 e. The Morgan fingerprint density at radius 3 is 2.64 bits per heavy atom. The quantitative estimate of drug-likeness (QED) is 0.748. The van der Waals surface area contributed by atoms with Gasteiger partial charge in [-0.05, 0) is 31.0 Å². The summed E-state index contributed by atoms with van der Waals surface area (Å²) in [6.07, 6.45) is -3.95. The predicted molar refractivity (Wildman–Crippen MR) is 98.2 cm³/mol. The van der Waals surface area contributed by atoms with Crippen molar-refractivity contribution in [3.8, 4) is 5.82 Å². The van der Waals surface area contributed by atoms with Crippen LogP contribution in [0, 0.1) is 6.92 Å². The number of halogens is 3. The van der Waals surface area contributed by atoms with E-state index in [0.29, 0.717) is 25.1 Å². The van der Waals surface area contributed by atoms with Gasteiger partial charge in [-0.15, -0.1) is 0 Å². The van der Waals surface area contributed by atoms with Crippen LogP contribution in [-0.2, 0) is 25.7 Å². The number of hydrogen-bond donors (Lipinski definition) is 1. The van der Waals surface area contributed by atoms with Crippen LogP contribution in [0.5, 0.6) is 0 Å². The molecule has 5 nitrogen and oxygen atoms in total. The van der Waals surface area contributed by atoms with Crippen molar-refractivity contribution < 1.29 is 13.2 Å². The lowest BCUT2D eigenvalue weighted by Crippen LogP contribution is -2.31. The zero-order valence-electron chi connectivity index (χ0n) is 15.3. The summed E-state index contributed by atoms with van der Waals surface area (Å²) in [5, 5.41) is 2.97. The van der Waals surface area contributed by atoms with Gasteiger partial charge in [0, 0.05) is 30.9 Å². The van der Waals surface area contributed by atoms with E-state index in [1.807, 2.05) is 30.3 Å². The van der Waals surface area contributed by atoms with E-state index in [1.165, 1.54) is 12.5 Å². The number of alkyl halides is 3. The molecule has 0 fully saturated rings. The highest BCUT2D eigenvalue weighted by molar-refractivity contribution is 5.34. The van der Waals surface area contributed by atoms with Crippen molar-refractivity contribution in [3.05, 3.63) is 80.9 Å². The highest BCUT2D eigenvalue weighted by Crippen LogP contribution is 2.30. The minimum Gasteiger partial charge on any atom is -0.293 e. The van der Waals surface area contributed by atoms with E-state index < -0.39 is 11.7 Å². The molecule has 0 radical (unpaired) electrons. The first kappa shape index (κ1) is 18.5. The third-order valence-corrected chi connectivity index (χ3v) is 4.88. The lowest BCUT2D eigenvalue weighted by molar-refractivity contribution is -0.137. The fourth-order valence-corrected chi connectivity index (χ4v) is 3.55. The second kappa shape index (κ2) is 6.94. The summed E-state index contributed by atoms with van der Waals surface area (Å²) in [7, 11) is 0. The highest BCUT2D eigenvalue weighted by atomic mass is 19.4. The van der Waals surface area contributed by atoms with Gasteiger partial charge < -0.3 is 0 Å². The molecule has 3 heterocycles. The topological polar surface area (TPSA) is 53.9 Å². The number of aromatic nitrogens is 3. The van der Waals surface area contributed by atoms with E-state index in [9.17, 15) is 18.0 Å². The first-order chi connectivity index (χ1) is 13.3. The molecule has 1 N–H and O–H groups in total. The van der Waals surface area contributed by atoms with E-state index in [4.69, 9.17) is 0 Å². The maximum absolute atomic E-state index is 13.1. The van der Waals surface area contributed by atoms with E-state index in [1.54, 1.807) is 0 Å². The maximum atomic E-state index is 13.1. The Bertz CT molecular complexity index is 1050. The number of hydrogen-bond acceptors (Lipinski definition) is 3. The average molecular weight is 388 g/mol. The lowest BCUT2D eigenvalue weighted by Gasteiger charge is -2.25.